The molecule has 0 aromatic carbocycles. The summed E-state index contributed by atoms with van der Waals surface area (Å²) in [5, 5.41) is 0. The van der Waals surface area contributed by atoms with Crippen molar-refractivity contribution in [3.8, 4) is 0 Å². The van der Waals surface area contributed by atoms with Crippen molar-refractivity contribution in [3.63, 3.8) is 0 Å². The highest BCUT2D eigenvalue weighted by Crippen LogP contribution is 2.18. The Bertz CT molecular complexity index is 173. The molecular weight excluding hydrogens is 174 g/mol. The molecule has 0 aliphatic carbocycles. The van der Waals surface area contributed by atoms with Gasteiger partial charge in [-0.15, -0.1) is 0 Å². The summed E-state index contributed by atoms with van der Waals surface area (Å²) in [4.78, 5) is 7.25. The van der Waals surface area contributed by atoms with Crippen LogP contribution in [-0.4, -0.2) is 47.2 Å². The third-order valence-electron chi connectivity index (χ3n) is 2.91. The van der Waals surface area contributed by atoms with E-state index in [1.54, 1.807) is 0 Å². The van der Waals surface area contributed by atoms with Gasteiger partial charge in [-0.25, -0.2) is 0 Å². The van der Waals surface area contributed by atoms with Gasteiger partial charge in [0.05, 0.1) is 0 Å². The van der Waals surface area contributed by atoms with E-state index in [1.807, 2.05) is 0 Å². The van der Waals surface area contributed by atoms with Gasteiger partial charge in [-0.3, -0.25) is 4.90 Å². The number of nitrogens with zero attached hydrogens (tertiary/aromatic N) is 3. The minimum absolute atomic E-state index is 0.444. The molecule has 0 amide bonds. The molecule has 1 aliphatic heterocycles. The molecule has 14 heavy (non-hydrogen) atoms. The number of hydrogen-bond acceptors (Lipinski definition) is 3. The minimum Gasteiger partial charge on any atom is -0.344 e. The van der Waals surface area contributed by atoms with Gasteiger partial charge in [-0.1, -0.05) is 13.8 Å². The van der Waals surface area contributed by atoms with Crippen LogP contribution in [0, 0.1) is 0 Å². The molecule has 0 aromatic rings. The summed E-state index contributed by atoms with van der Waals surface area (Å²) in [6.45, 7) is 13.2. The van der Waals surface area contributed by atoms with Crippen LogP contribution < -0.4 is 0 Å². The number of rotatable bonds is 5. The summed E-state index contributed by atoms with van der Waals surface area (Å²) >= 11 is 0. The van der Waals surface area contributed by atoms with Crippen LogP contribution in [-0.2, 0) is 0 Å². The molecule has 1 aliphatic rings. The molecule has 0 saturated carbocycles. The average molecular weight is 197 g/mol. The molecule has 3 heteroatoms. The zero-order valence-corrected chi connectivity index (χ0v) is 9.90. The molecule has 0 unspecified atom stereocenters. The highest BCUT2D eigenvalue weighted by Gasteiger charge is 2.27. The van der Waals surface area contributed by atoms with Gasteiger partial charge in [0.25, 0.3) is 0 Å². The van der Waals surface area contributed by atoms with E-state index in [1.165, 1.54) is 0 Å². The predicted molar refractivity (Wildman–Crippen MR) is 60.6 cm³/mol. The Balaban J connectivity index is 2.70. The lowest BCUT2D eigenvalue weighted by Gasteiger charge is -2.39. The standard InChI is InChI=1S/C11H23N3/c1-5-12(6-2)11-13(7-3)9-10-14(11)8-4/h9-11H,5-8H2,1-4H3. The van der Waals surface area contributed by atoms with E-state index in [9.17, 15) is 0 Å². The lowest BCUT2D eigenvalue weighted by atomic mass is 10.4. The second kappa shape index (κ2) is 5.25. The van der Waals surface area contributed by atoms with Crippen LogP contribution in [0.1, 0.15) is 27.7 Å². The largest absolute Gasteiger partial charge is 0.344 e. The predicted octanol–water partition coefficient (Wildman–Crippen LogP) is 1.74. The second-order valence-corrected chi connectivity index (χ2v) is 3.53. The molecule has 0 saturated heterocycles. The minimum atomic E-state index is 0.444. The van der Waals surface area contributed by atoms with Gasteiger partial charge in [-0.05, 0) is 26.9 Å². The summed E-state index contributed by atoms with van der Waals surface area (Å²) in [6, 6.07) is 0. The van der Waals surface area contributed by atoms with Crippen molar-refractivity contribution in [2.24, 2.45) is 0 Å². The molecule has 1 heterocycles. The molecule has 0 fully saturated rings. The monoisotopic (exact) mass is 197 g/mol. The lowest BCUT2D eigenvalue weighted by Crippen LogP contribution is -2.51. The molecule has 0 N–H and O–H groups in total. The van der Waals surface area contributed by atoms with E-state index in [4.69, 9.17) is 0 Å². The normalized spacial score (nSPS) is 17.5. The lowest BCUT2D eigenvalue weighted by molar-refractivity contribution is 0.00614. The third-order valence-corrected chi connectivity index (χ3v) is 2.91. The summed E-state index contributed by atoms with van der Waals surface area (Å²) in [5.74, 6) is 0. The van der Waals surface area contributed by atoms with Crippen LogP contribution in [0.15, 0.2) is 12.4 Å². The van der Waals surface area contributed by atoms with Crippen LogP contribution in [0.3, 0.4) is 0 Å². The smallest absolute Gasteiger partial charge is 0.159 e. The Morgan fingerprint density at radius 1 is 0.929 bits per heavy atom. The van der Waals surface area contributed by atoms with Gasteiger partial charge in [0, 0.05) is 25.5 Å². The Labute approximate surface area is 88.0 Å². The highest BCUT2D eigenvalue weighted by molar-refractivity contribution is 4.95. The number of hydrogen-bond donors (Lipinski definition) is 0. The van der Waals surface area contributed by atoms with E-state index >= 15 is 0 Å². The maximum Gasteiger partial charge on any atom is 0.159 e. The molecule has 0 bridgehead atoms. The van der Waals surface area contributed by atoms with E-state index in [0.29, 0.717) is 6.29 Å². The molecule has 82 valence electrons. The summed E-state index contributed by atoms with van der Waals surface area (Å²) in [7, 11) is 0. The Kier molecular flexibility index (Phi) is 4.26. The van der Waals surface area contributed by atoms with E-state index < -0.39 is 0 Å². The Morgan fingerprint density at radius 2 is 1.36 bits per heavy atom. The van der Waals surface area contributed by atoms with Crippen LogP contribution >= 0.6 is 0 Å². The van der Waals surface area contributed by atoms with Crippen molar-refractivity contribution < 1.29 is 0 Å². The van der Waals surface area contributed by atoms with Gasteiger partial charge >= 0.3 is 0 Å². The molecule has 0 radical (unpaired) electrons. The van der Waals surface area contributed by atoms with Crippen molar-refractivity contribution in [1.29, 1.82) is 0 Å². The van der Waals surface area contributed by atoms with Crippen LogP contribution in [0.5, 0.6) is 0 Å². The first-order chi connectivity index (χ1) is 6.78. The SMILES string of the molecule is CCN1C=CN(CC)C1N(CC)CC. The van der Waals surface area contributed by atoms with Crippen molar-refractivity contribution in [3.05, 3.63) is 12.4 Å². The van der Waals surface area contributed by atoms with Crippen molar-refractivity contribution in [2.45, 2.75) is 34.0 Å². The molecule has 0 atom stereocenters. The van der Waals surface area contributed by atoms with Crippen LogP contribution in [0.4, 0.5) is 0 Å². The molecular formula is C11H23N3. The van der Waals surface area contributed by atoms with Gasteiger partial charge in [0.1, 0.15) is 0 Å². The van der Waals surface area contributed by atoms with E-state index in [-0.39, 0.29) is 0 Å². The maximum absolute atomic E-state index is 2.48. The van der Waals surface area contributed by atoms with Crippen LogP contribution in [0.25, 0.3) is 0 Å². The van der Waals surface area contributed by atoms with Crippen LogP contribution in [0.2, 0.25) is 0 Å². The van der Waals surface area contributed by atoms with Crippen molar-refractivity contribution >= 4 is 0 Å². The van der Waals surface area contributed by atoms with Crippen molar-refractivity contribution in [1.82, 2.24) is 14.7 Å². The molecule has 3 nitrogen and oxygen atoms in total. The second-order valence-electron chi connectivity index (χ2n) is 3.53. The summed E-state index contributed by atoms with van der Waals surface area (Å²) in [6.07, 6.45) is 4.85. The quantitative estimate of drug-likeness (QED) is 0.664. The van der Waals surface area contributed by atoms with Crippen molar-refractivity contribution in [2.75, 3.05) is 26.2 Å². The van der Waals surface area contributed by atoms with Gasteiger partial charge < -0.3 is 9.80 Å². The first-order valence-electron chi connectivity index (χ1n) is 5.72. The zero-order valence-electron chi connectivity index (χ0n) is 9.90. The molecule has 0 spiro atoms. The van der Waals surface area contributed by atoms with Gasteiger partial charge in [0.2, 0.25) is 0 Å². The molecule has 1 rings (SSSR count). The fourth-order valence-electron chi connectivity index (χ4n) is 2.02. The van der Waals surface area contributed by atoms with E-state index in [0.717, 1.165) is 26.2 Å². The summed E-state index contributed by atoms with van der Waals surface area (Å²) < 4.78 is 0. The first kappa shape index (κ1) is 11.4. The van der Waals surface area contributed by atoms with E-state index in [2.05, 4.69) is 54.8 Å². The maximum atomic E-state index is 2.48. The molecule has 0 aromatic heterocycles. The third kappa shape index (κ3) is 2.03. The van der Waals surface area contributed by atoms with Gasteiger partial charge in [-0.2, -0.15) is 0 Å². The Morgan fingerprint density at radius 3 is 1.64 bits per heavy atom. The van der Waals surface area contributed by atoms with Gasteiger partial charge in [0.15, 0.2) is 6.29 Å². The first-order valence-corrected chi connectivity index (χ1v) is 5.72. The topological polar surface area (TPSA) is 9.72 Å². The summed E-state index contributed by atoms with van der Waals surface area (Å²) in [5.41, 5.74) is 0. The fraction of sp³-hybridized carbons (Fsp3) is 0.818. The fourth-order valence-corrected chi connectivity index (χ4v) is 2.02. The highest BCUT2D eigenvalue weighted by atomic mass is 15.5. The average Bonchev–Trinajstić information content (AvgIpc) is 2.63. The zero-order chi connectivity index (χ0) is 10.6. The Hall–Kier alpha value is -0.700.